The monoisotopic (exact) mass is 238 g/mol. The Kier molecular flexibility index (Phi) is 3.56. The van der Waals surface area contributed by atoms with Gasteiger partial charge in [0, 0.05) is 7.05 Å². The number of benzene rings is 1. The molecule has 0 bridgehead atoms. The topological polar surface area (TPSA) is 24.7 Å². The molecule has 0 saturated heterocycles. The summed E-state index contributed by atoms with van der Waals surface area (Å²) in [4.78, 5) is 8.88. The van der Waals surface area contributed by atoms with Crippen molar-refractivity contribution in [2.24, 2.45) is 9.98 Å². The maximum Gasteiger partial charge on any atom is 0.0667 e. The van der Waals surface area contributed by atoms with Gasteiger partial charge in [-0.05, 0) is 56.2 Å². The third-order valence-electron chi connectivity index (χ3n) is 3.03. The van der Waals surface area contributed by atoms with Crippen molar-refractivity contribution in [3.8, 4) is 0 Å². The zero-order valence-electron chi connectivity index (χ0n) is 11.4. The fourth-order valence-electron chi connectivity index (χ4n) is 1.96. The first-order chi connectivity index (χ1) is 8.60. The Balaban J connectivity index is 2.38. The molecular weight excluding hydrogens is 220 g/mol. The van der Waals surface area contributed by atoms with E-state index in [0.717, 1.165) is 22.7 Å². The highest BCUT2D eigenvalue weighted by atomic mass is 14.8. The molecule has 2 heteroatoms. The summed E-state index contributed by atoms with van der Waals surface area (Å²) >= 11 is 0. The SMILES string of the molecule is CN=C1C=CC(=Nc2ccc(C)cc2C)C(C)=C1. The molecule has 18 heavy (non-hydrogen) atoms. The second-order valence-electron chi connectivity index (χ2n) is 4.60. The molecule has 92 valence electrons. The van der Waals surface area contributed by atoms with Crippen LogP contribution in [-0.2, 0) is 0 Å². The summed E-state index contributed by atoms with van der Waals surface area (Å²) in [5.41, 5.74) is 6.66. The van der Waals surface area contributed by atoms with E-state index in [4.69, 9.17) is 4.99 Å². The van der Waals surface area contributed by atoms with E-state index in [-0.39, 0.29) is 0 Å². The lowest BCUT2D eigenvalue weighted by Crippen LogP contribution is -2.05. The number of aryl methyl sites for hydroxylation is 2. The third-order valence-corrected chi connectivity index (χ3v) is 3.03. The van der Waals surface area contributed by atoms with Crippen LogP contribution in [0.2, 0.25) is 0 Å². The Morgan fingerprint density at radius 2 is 1.78 bits per heavy atom. The number of allylic oxidation sites excluding steroid dienone is 4. The molecule has 0 aliphatic heterocycles. The van der Waals surface area contributed by atoms with Crippen LogP contribution in [0.3, 0.4) is 0 Å². The van der Waals surface area contributed by atoms with E-state index in [1.807, 2.05) is 12.2 Å². The third kappa shape index (κ3) is 2.65. The van der Waals surface area contributed by atoms with Gasteiger partial charge in [-0.1, -0.05) is 17.7 Å². The fourth-order valence-corrected chi connectivity index (χ4v) is 1.96. The van der Waals surface area contributed by atoms with Gasteiger partial charge in [-0.15, -0.1) is 0 Å². The van der Waals surface area contributed by atoms with Crippen molar-refractivity contribution >= 4 is 17.1 Å². The summed E-state index contributed by atoms with van der Waals surface area (Å²) in [5.74, 6) is 0. The highest BCUT2D eigenvalue weighted by molar-refractivity contribution is 6.21. The van der Waals surface area contributed by atoms with Crippen molar-refractivity contribution in [1.82, 2.24) is 0 Å². The average Bonchev–Trinajstić information content (AvgIpc) is 2.34. The van der Waals surface area contributed by atoms with E-state index >= 15 is 0 Å². The Hall–Kier alpha value is -1.96. The van der Waals surface area contributed by atoms with Crippen LogP contribution in [-0.4, -0.2) is 18.5 Å². The number of hydrogen-bond acceptors (Lipinski definition) is 2. The molecule has 0 spiro atoms. The normalized spacial score (nSPS) is 19.4. The molecule has 0 atom stereocenters. The zero-order valence-corrected chi connectivity index (χ0v) is 11.4. The van der Waals surface area contributed by atoms with E-state index < -0.39 is 0 Å². The van der Waals surface area contributed by atoms with Gasteiger partial charge in [0.2, 0.25) is 0 Å². The van der Waals surface area contributed by atoms with Crippen molar-refractivity contribution in [3.05, 3.63) is 53.1 Å². The van der Waals surface area contributed by atoms with Gasteiger partial charge in [-0.3, -0.25) is 4.99 Å². The predicted molar refractivity (Wildman–Crippen MR) is 79.3 cm³/mol. The van der Waals surface area contributed by atoms with Crippen LogP contribution in [0.15, 0.2) is 52.0 Å². The van der Waals surface area contributed by atoms with Crippen LogP contribution in [0.4, 0.5) is 5.69 Å². The number of hydrogen-bond donors (Lipinski definition) is 0. The predicted octanol–water partition coefficient (Wildman–Crippen LogP) is 3.96. The highest BCUT2D eigenvalue weighted by Crippen LogP contribution is 2.21. The molecule has 0 fully saturated rings. The maximum atomic E-state index is 4.72. The molecule has 1 aromatic carbocycles. The minimum Gasteiger partial charge on any atom is -0.289 e. The van der Waals surface area contributed by atoms with E-state index in [2.05, 4.69) is 50.0 Å². The van der Waals surface area contributed by atoms with Crippen LogP contribution in [0.1, 0.15) is 18.1 Å². The van der Waals surface area contributed by atoms with Crippen LogP contribution in [0.5, 0.6) is 0 Å². The van der Waals surface area contributed by atoms with Crippen LogP contribution in [0.25, 0.3) is 0 Å². The molecule has 0 amide bonds. The quantitative estimate of drug-likeness (QED) is 0.661. The van der Waals surface area contributed by atoms with Gasteiger partial charge in [0.15, 0.2) is 0 Å². The molecule has 0 aromatic heterocycles. The first-order valence-corrected chi connectivity index (χ1v) is 6.09. The van der Waals surface area contributed by atoms with Crippen LogP contribution < -0.4 is 0 Å². The summed E-state index contributed by atoms with van der Waals surface area (Å²) < 4.78 is 0. The minimum absolute atomic E-state index is 0.993. The van der Waals surface area contributed by atoms with E-state index in [9.17, 15) is 0 Å². The molecule has 0 unspecified atom stereocenters. The largest absolute Gasteiger partial charge is 0.289 e. The second-order valence-corrected chi connectivity index (χ2v) is 4.60. The van der Waals surface area contributed by atoms with Gasteiger partial charge >= 0.3 is 0 Å². The zero-order chi connectivity index (χ0) is 13.1. The smallest absolute Gasteiger partial charge is 0.0667 e. The number of nitrogens with zero attached hydrogens (tertiary/aromatic N) is 2. The summed E-state index contributed by atoms with van der Waals surface area (Å²) in [6.45, 7) is 6.26. The van der Waals surface area contributed by atoms with Crippen molar-refractivity contribution in [2.75, 3.05) is 7.05 Å². The average molecular weight is 238 g/mol. The molecule has 2 nitrogen and oxygen atoms in total. The molecule has 1 aliphatic rings. The Labute approximate surface area is 108 Å². The molecule has 0 radical (unpaired) electrons. The molecule has 1 aliphatic carbocycles. The summed E-state index contributed by atoms with van der Waals surface area (Å²) in [5, 5.41) is 0. The van der Waals surface area contributed by atoms with Gasteiger partial charge < -0.3 is 0 Å². The molecule has 2 rings (SSSR count). The Bertz CT molecular complexity index is 587. The summed E-state index contributed by atoms with van der Waals surface area (Å²) in [6.07, 6.45) is 6.08. The fraction of sp³-hybridized carbons (Fsp3) is 0.250. The Morgan fingerprint density at radius 3 is 2.39 bits per heavy atom. The van der Waals surface area contributed by atoms with Gasteiger partial charge in [0.25, 0.3) is 0 Å². The van der Waals surface area contributed by atoms with Crippen LogP contribution in [0, 0.1) is 13.8 Å². The highest BCUT2D eigenvalue weighted by Gasteiger charge is 2.06. The molecule has 1 aromatic rings. The van der Waals surface area contributed by atoms with Crippen molar-refractivity contribution in [2.45, 2.75) is 20.8 Å². The Morgan fingerprint density at radius 1 is 1.00 bits per heavy atom. The molecular formula is C16H18N2. The molecule has 0 heterocycles. The van der Waals surface area contributed by atoms with E-state index in [1.165, 1.54) is 11.1 Å². The molecule has 0 N–H and O–H groups in total. The lowest BCUT2D eigenvalue weighted by molar-refractivity contribution is 1.34. The first kappa shape index (κ1) is 12.5. The lowest BCUT2D eigenvalue weighted by Gasteiger charge is -2.09. The van der Waals surface area contributed by atoms with Gasteiger partial charge in [-0.2, -0.15) is 0 Å². The molecule has 0 saturated carbocycles. The maximum absolute atomic E-state index is 4.72. The van der Waals surface area contributed by atoms with Gasteiger partial charge in [0.1, 0.15) is 0 Å². The van der Waals surface area contributed by atoms with Gasteiger partial charge in [-0.25, -0.2) is 4.99 Å². The van der Waals surface area contributed by atoms with Crippen LogP contribution >= 0.6 is 0 Å². The standard InChI is InChI=1S/C16H18N2/c1-11-5-7-15(12(2)9-11)18-16-8-6-14(17-4)10-13(16)3/h5-10H,1-4H3. The number of rotatable bonds is 1. The lowest BCUT2D eigenvalue weighted by atomic mass is 10.0. The summed E-state index contributed by atoms with van der Waals surface area (Å²) in [7, 11) is 1.80. The van der Waals surface area contributed by atoms with E-state index in [0.29, 0.717) is 0 Å². The number of aliphatic imine (C=N–C) groups is 2. The van der Waals surface area contributed by atoms with Crippen molar-refractivity contribution in [1.29, 1.82) is 0 Å². The van der Waals surface area contributed by atoms with E-state index in [1.54, 1.807) is 7.05 Å². The van der Waals surface area contributed by atoms with Crippen molar-refractivity contribution < 1.29 is 0 Å². The second kappa shape index (κ2) is 5.13. The summed E-state index contributed by atoms with van der Waals surface area (Å²) in [6, 6.07) is 6.32. The minimum atomic E-state index is 0.993. The first-order valence-electron chi connectivity index (χ1n) is 6.09. The van der Waals surface area contributed by atoms with Crippen molar-refractivity contribution in [3.63, 3.8) is 0 Å². The van der Waals surface area contributed by atoms with Gasteiger partial charge in [0.05, 0.1) is 17.1 Å².